The Hall–Kier alpha value is -2.95. The van der Waals surface area contributed by atoms with Gasteiger partial charge in [-0.15, -0.1) is 11.3 Å². The van der Waals surface area contributed by atoms with E-state index in [1.165, 1.54) is 16.6 Å². The molecule has 1 aromatic carbocycles. The van der Waals surface area contributed by atoms with Crippen LogP contribution in [0.4, 0.5) is 10.7 Å². The Kier molecular flexibility index (Phi) is 6.96. The van der Waals surface area contributed by atoms with E-state index >= 15 is 0 Å². The lowest BCUT2D eigenvalue weighted by Gasteiger charge is -2.20. The van der Waals surface area contributed by atoms with Crippen molar-refractivity contribution in [2.24, 2.45) is 0 Å². The van der Waals surface area contributed by atoms with Crippen molar-refractivity contribution in [2.75, 3.05) is 23.7 Å². The Morgan fingerprint density at radius 2 is 1.73 bits per heavy atom. The molecule has 1 saturated heterocycles. The van der Waals surface area contributed by atoms with Crippen molar-refractivity contribution in [1.29, 1.82) is 0 Å². The molecule has 1 aliphatic heterocycles. The topological polar surface area (TPSA) is 109 Å². The minimum Gasteiger partial charge on any atom is -0.459 e. The molecule has 8 nitrogen and oxygen atoms in total. The van der Waals surface area contributed by atoms with E-state index in [4.69, 9.17) is 4.42 Å². The third-order valence-electron chi connectivity index (χ3n) is 5.40. The molecule has 0 spiro atoms. The number of aryl methyl sites for hydroxylation is 1. The summed E-state index contributed by atoms with van der Waals surface area (Å²) in [6, 6.07) is 11.2. The molecule has 0 atom stereocenters. The number of thiophene rings is 1. The summed E-state index contributed by atoms with van der Waals surface area (Å²) in [4.78, 5) is 25.6. The summed E-state index contributed by atoms with van der Waals surface area (Å²) in [7, 11) is -3.62. The average molecular weight is 488 g/mol. The van der Waals surface area contributed by atoms with Crippen LogP contribution in [-0.4, -0.2) is 37.6 Å². The second-order valence-electron chi connectivity index (χ2n) is 7.85. The van der Waals surface area contributed by atoms with Gasteiger partial charge in [0, 0.05) is 18.8 Å². The Bertz CT molecular complexity index is 1240. The quantitative estimate of drug-likeness (QED) is 0.523. The van der Waals surface area contributed by atoms with E-state index in [2.05, 4.69) is 10.6 Å². The average Bonchev–Trinajstić information content (AvgIpc) is 3.36. The highest BCUT2D eigenvalue weighted by Crippen LogP contribution is 2.29. The molecule has 0 saturated carbocycles. The van der Waals surface area contributed by atoms with Crippen LogP contribution in [0.2, 0.25) is 0 Å². The van der Waals surface area contributed by atoms with Crippen LogP contribution in [0.15, 0.2) is 58.0 Å². The molecular formula is C23H25N3O5S2. The number of carbonyl (C=O) groups excluding carboxylic acids is 2. The van der Waals surface area contributed by atoms with Crippen molar-refractivity contribution in [2.45, 2.75) is 37.5 Å². The summed E-state index contributed by atoms with van der Waals surface area (Å²) in [6.07, 6.45) is 5.19. The van der Waals surface area contributed by atoms with Crippen molar-refractivity contribution in [3.8, 4) is 0 Å². The third-order valence-corrected chi connectivity index (χ3v) is 8.45. The molecule has 174 valence electrons. The van der Waals surface area contributed by atoms with Gasteiger partial charge in [0.05, 0.1) is 21.0 Å². The lowest BCUT2D eigenvalue weighted by atomic mass is 10.2. The Balaban J connectivity index is 1.48. The maximum atomic E-state index is 13.1. The summed E-state index contributed by atoms with van der Waals surface area (Å²) >= 11 is 1.14. The van der Waals surface area contributed by atoms with Gasteiger partial charge in [0.15, 0.2) is 5.76 Å². The van der Waals surface area contributed by atoms with Crippen molar-refractivity contribution < 1.29 is 22.4 Å². The second-order valence-corrected chi connectivity index (χ2v) is 10.8. The molecule has 1 aliphatic rings. The summed E-state index contributed by atoms with van der Waals surface area (Å²) in [6.45, 7) is 2.80. The van der Waals surface area contributed by atoms with E-state index < -0.39 is 15.9 Å². The monoisotopic (exact) mass is 487 g/mol. The number of benzene rings is 1. The Labute approximate surface area is 196 Å². The van der Waals surface area contributed by atoms with Crippen molar-refractivity contribution in [1.82, 2.24) is 4.31 Å². The van der Waals surface area contributed by atoms with E-state index in [1.807, 2.05) is 0 Å². The van der Waals surface area contributed by atoms with Crippen LogP contribution in [0.3, 0.4) is 0 Å². The highest BCUT2D eigenvalue weighted by atomic mass is 32.2. The largest absolute Gasteiger partial charge is 0.459 e. The van der Waals surface area contributed by atoms with Gasteiger partial charge in [-0.25, -0.2) is 8.42 Å². The van der Waals surface area contributed by atoms with E-state index in [0.717, 1.165) is 37.0 Å². The SMILES string of the molecule is Cc1cc(NC(=O)c2ccco2)sc1C(=O)Nc1cccc(S(=O)(=O)N2CCCCCC2)c1. The lowest BCUT2D eigenvalue weighted by Crippen LogP contribution is -2.32. The minimum atomic E-state index is -3.62. The van der Waals surface area contributed by atoms with Gasteiger partial charge in [-0.05, 0) is 61.7 Å². The summed E-state index contributed by atoms with van der Waals surface area (Å²) < 4.78 is 32.8. The van der Waals surface area contributed by atoms with Crippen LogP contribution in [-0.2, 0) is 10.0 Å². The van der Waals surface area contributed by atoms with Crippen LogP contribution in [0.25, 0.3) is 0 Å². The molecule has 1 fully saturated rings. The van der Waals surface area contributed by atoms with Gasteiger partial charge in [-0.2, -0.15) is 4.31 Å². The van der Waals surface area contributed by atoms with Gasteiger partial charge < -0.3 is 15.1 Å². The van der Waals surface area contributed by atoms with Crippen molar-refractivity contribution in [3.63, 3.8) is 0 Å². The molecule has 0 aliphatic carbocycles. The molecule has 33 heavy (non-hydrogen) atoms. The fraction of sp³-hybridized carbons (Fsp3) is 0.304. The van der Waals surface area contributed by atoms with Gasteiger partial charge in [0.25, 0.3) is 11.8 Å². The summed E-state index contributed by atoms with van der Waals surface area (Å²) in [5.74, 6) is -0.602. The van der Waals surface area contributed by atoms with Crippen molar-refractivity contribution in [3.05, 3.63) is 64.9 Å². The van der Waals surface area contributed by atoms with Crippen LogP contribution in [0.5, 0.6) is 0 Å². The first kappa shape index (κ1) is 23.2. The third kappa shape index (κ3) is 5.35. The summed E-state index contributed by atoms with van der Waals surface area (Å²) in [5.41, 5.74) is 1.09. The number of nitrogens with zero attached hydrogens (tertiary/aromatic N) is 1. The Morgan fingerprint density at radius 1 is 0.970 bits per heavy atom. The second kappa shape index (κ2) is 9.90. The maximum Gasteiger partial charge on any atom is 0.291 e. The van der Waals surface area contributed by atoms with E-state index in [-0.39, 0.29) is 16.6 Å². The minimum absolute atomic E-state index is 0.163. The first-order valence-electron chi connectivity index (χ1n) is 10.7. The van der Waals surface area contributed by atoms with Crippen LogP contribution < -0.4 is 10.6 Å². The van der Waals surface area contributed by atoms with Crippen LogP contribution in [0.1, 0.15) is 51.5 Å². The molecule has 0 bridgehead atoms. The number of carbonyl (C=O) groups is 2. The number of furan rings is 1. The maximum absolute atomic E-state index is 13.1. The first-order valence-corrected chi connectivity index (χ1v) is 13.0. The van der Waals surface area contributed by atoms with Gasteiger partial charge in [-0.3, -0.25) is 9.59 Å². The Morgan fingerprint density at radius 3 is 2.42 bits per heavy atom. The van der Waals surface area contributed by atoms with Gasteiger partial charge in [0.1, 0.15) is 0 Å². The molecule has 0 radical (unpaired) electrons. The zero-order valence-electron chi connectivity index (χ0n) is 18.2. The molecule has 2 amide bonds. The number of hydrogen-bond acceptors (Lipinski definition) is 6. The molecule has 2 N–H and O–H groups in total. The number of anilines is 2. The highest BCUT2D eigenvalue weighted by molar-refractivity contribution is 7.89. The van der Waals surface area contributed by atoms with E-state index in [9.17, 15) is 18.0 Å². The predicted molar refractivity (Wildman–Crippen MR) is 127 cm³/mol. The zero-order valence-corrected chi connectivity index (χ0v) is 19.8. The molecule has 3 aromatic rings. The van der Waals surface area contributed by atoms with Gasteiger partial charge in [-0.1, -0.05) is 18.9 Å². The molecule has 3 heterocycles. The smallest absolute Gasteiger partial charge is 0.291 e. The van der Waals surface area contributed by atoms with Crippen LogP contribution in [0, 0.1) is 6.92 Å². The first-order chi connectivity index (χ1) is 15.8. The van der Waals surface area contributed by atoms with E-state index in [1.54, 1.807) is 43.3 Å². The normalized spacial score (nSPS) is 15.1. The molecule has 0 unspecified atom stereocenters. The van der Waals surface area contributed by atoms with Gasteiger partial charge >= 0.3 is 0 Å². The number of sulfonamides is 1. The molecular weight excluding hydrogens is 462 g/mol. The molecule has 10 heteroatoms. The van der Waals surface area contributed by atoms with Crippen molar-refractivity contribution >= 4 is 43.9 Å². The highest BCUT2D eigenvalue weighted by Gasteiger charge is 2.25. The number of hydrogen-bond donors (Lipinski definition) is 2. The number of nitrogens with one attached hydrogen (secondary N) is 2. The molecule has 4 rings (SSSR count). The van der Waals surface area contributed by atoms with Crippen LogP contribution >= 0.6 is 11.3 Å². The molecule has 2 aromatic heterocycles. The fourth-order valence-corrected chi connectivity index (χ4v) is 6.23. The number of rotatable bonds is 6. The predicted octanol–water partition coefficient (Wildman–Crippen LogP) is 4.72. The summed E-state index contributed by atoms with van der Waals surface area (Å²) in [5, 5.41) is 6.00. The lowest BCUT2D eigenvalue weighted by molar-refractivity contribution is 0.0995. The van der Waals surface area contributed by atoms with Gasteiger partial charge in [0.2, 0.25) is 10.0 Å². The number of amides is 2. The zero-order chi connectivity index (χ0) is 23.4. The standard InChI is InChI=1S/C23H25N3O5S2/c1-16-14-20(25-22(27)19-10-7-13-31-19)32-21(16)23(28)24-17-8-6-9-18(15-17)33(29,30)26-11-4-2-3-5-12-26/h6-10,13-15H,2-5,11-12H2,1H3,(H,24,28)(H,25,27). The fourth-order valence-electron chi connectivity index (χ4n) is 3.70. The van der Waals surface area contributed by atoms with E-state index in [0.29, 0.717) is 34.2 Å².